The molecule has 0 saturated carbocycles. The van der Waals surface area contributed by atoms with Gasteiger partial charge in [-0.3, -0.25) is 14.4 Å². The molecule has 0 bridgehead atoms. The molecule has 0 amide bonds. The second-order valence-electron chi connectivity index (χ2n) is 18.8. The normalized spacial score (nSPS) is 12.7. The van der Waals surface area contributed by atoms with E-state index in [-0.39, 0.29) is 37.5 Å². The predicted octanol–water partition coefficient (Wildman–Crippen LogP) is 19.2. The Morgan fingerprint density at radius 2 is 0.618 bits per heavy atom. The van der Waals surface area contributed by atoms with E-state index >= 15 is 0 Å². The molecule has 1 unspecified atom stereocenters. The van der Waals surface area contributed by atoms with E-state index in [1.54, 1.807) is 0 Å². The van der Waals surface area contributed by atoms with Gasteiger partial charge in [-0.2, -0.15) is 0 Å². The molecule has 0 aliphatic heterocycles. The predicted molar refractivity (Wildman–Crippen MR) is 293 cm³/mol. The first-order valence-electron chi connectivity index (χ1n) is 28.6. The summed E-state index contributed by atoms with van der Waals surface area (Å²) < 4.78 is 16.8. The van der Waals surface area contributed by atoms with Gasteiger partial charge in [-0.15, -0.1) is 0 Å². The van der Waals surface area contributed by atoms with Gasteiger partial charge in [-0.05, 0) is 96.3 Å². The van der Waals surface area contributed by atoms with Gasteiger partial charge in [0, 0.05) is 19.3 Å². The van der Waals surface area contributed by atoms with Crippen LogP contribution >= 0.6 is 0 Å². The van der Waals surface area contributed by atoms with E-state index in [0.717, 1.165) is 89.9 Å². The Kier molecular flexibility index (Phi) is 53.4. The lowest BCUT2D eigenvalue weighted by atomic mass is 10.0. The van der Waals surface area contributed by atoms with Crippen LogP contribution in [0, 0.1) is 0 Å². The maximum absolute atomic E-state index is 12.8. The minimum atomic E-state index is -0.813. The van der Waals surface area contributed by atoms with Crippen molar-refractivity contribution < 1.29 is 28.6 Å². The highest BCUT2D eigenvalue weighted by molar-refractivity contribution is 5.71. The van der Waals surface area contributed by atoms with Crippen molar-refractivity contribution in [1.29, 1.82) is 0 Å². The van der Waals surface area contributed by atoms with Gasteiger partial charge in [0.25, 0.3) is 0 Å². The maximum atomic E-state index is 12.8. The van der Waals surface area contributed by atoms with Gasteiger partial charge in [-0.1, -0.05) is 241 Å². The van der Waals surface area contributed by atoms with Crippen molar-refractivity contribution in [3.8, 4) is 0 Å². The van der Waals surface area contributed by atoms with Gasteiger partial charge < -0.3 is 14.2 Å². The molecule has 0 radical (unpaired) electrons. The number of ether oxygens (including phenoxy) is 3. The van der Waals surface area contributed by atoms with Crippen molar-refractivity contribution in [2.24, 2.45) is 0 Å². The molecule has 6 heteroatoms. The van der Waals surface area contributed by atoms with Crippen molar-refractivity contribution in [3.63, 3.8) is 0 Å². The Morgan fingerprint density at radius 1 is 0.309 bits per heavy atom. The Balaban J connectivity index is 4.36. The smallest absolute Gasteiger partial charge is 0.306 e. The molecule has 0 aromatic carbocycles. The first kappa shape index (κ1) is 64.6. The third kappa shape index (κ3) is 53.5. The second-order valence-corrected chi connectivity index (χ2v) is 18.8. The third-order valence-electron chi connectivity index (χ3n) is 12.1. The number of carbonyl (C=O) groups excluding carboxylic acids is 3. The molecular weight excluding hydrogens is 841 g/mol. The molecule has 0 saturated heterocycles. The summed E-state index contributed by atoms with van der Waals surface area (Å²) >= 11 is 0. The van der Waals surface area contributed by atoms with E-state index in [0.29, 0.717) is 19.3 Å². The Labute approximate surface area is 420 Å². The summed E-state index contributed by atoms with van der Waals surface area (Å²) in [6.45, 7) is 6.42. The fourth-order valence-electron chi connectivity index (χ4n) is 7.82. The minimum Gasteiger partial charge on any atom is -0.462 e. The molecule has 0 aliphatic carbocycles. The van der Waals surface area contributed by atoms with Crippen LogP contribution in [0.15, 0.2) is 85.1 Å². The third-order valence-corrected chi connectivity index (χ3v) is 12.1. The molecule has 0 heterocycles. The summed E-state index contributed by atoms with van der Waals surface area (Å²) in [6, 6.07) is 0. The summed E-state index contributed by atoms with van der Waals surface area (Å²) in [5.74, 6) is -1.00. The van der Waals surface area contributed by atoms with E-state index < -0.39 is 6.10 Å². The molecule has 68 heavy (non-hydrogen) atoms. The van der Waals surface area contributed by atoms with Gasteiger partial charge in [0.05, 0.1) is 0 Å². The zero-order valence-corrected chi connectivity index (χ0v) is 44.6. The number of hydrogen-bond donors (Lipinski definition) is 0. The Hall–Kier alpha value is -3.41. The van der Waals surface area contributed by atoms with Crippen LogP contribution in [0.1, 0.15) is 271 Å². The molecule has 0 aromatic heterocycles. The van der Waals surface area contributed by atoms with Crippen LogP contribution in [-0.4, -0.2) is 37.2 Å². The van der Waals surface area contributed by atoms with Gasteiger partial charge in [0.2, 0.25) is 0 Å². The standard InChI is InChI=1S/C62H106O6/c1-4-7-10-13-16-19-22-25-27-28-29-30-31-32-33-34-35-38-40-43-46-49-52-55-61(64)67-58-59(57-66-60(63)54-51-48-45-42-39-36-24-21-18-15-12-9-6-3)68-62(65)56-53-50-47-44-41-37-26-23-20-17-14-11-8-5-2/h9,12,14,17-18,21,23,26,28-29,36,39,45,48,59H,4-8,10-11,13,15-16,19-20,22,24-25,27,30-35,37-38,40-44,46-47,49-58H2,1-3H3/b12-9-,17-14-,21-18-,26-23-,29-28-,39-36-,48-45-. The Bertz CT molecular complexity index is 1320. The van der Waals surface area contributed by atoms with Gasteiger partial charge in [0.15, 0.2) is 6.10 Å². The van der Waals surface area contributed by atoms with Crippen LogP contribution in [0.4, 0.5) is 0 Å². The molecule has 6 nitrogen and oxygen atoms in total. The highest BCUT2D eigenvalue weighted by Gasteiger charge is 2.19. The summed E-state index contributed by atoms with van der Waals surface area (Å²) in [4.78, 5) is 38.0. The minimum absolute atomic E-state index is 0.104. The zero-order chi connectivity index (χ0) is 49.3. The van der Waals surface area contributed by atoms with Crippen molar-refractivity contribution in [1.82, 2.24) is 0 Å². The van der Waals surface area contributed by atoms with Gasteiger partial charge in [-0.25, -0.2) is 0 Å². The lowest BCUT2D eigenvalue weighted by Gasteiger charge is -2.18. The van der Waals surface area contributed by atoms with E-state index in [2.05, 4.69) is 99.8 Å². The molecule has 0 spiro atoms. The highest BCUT2D eigenvalue weighted by atomic mass is 16.6. The number of unbranched alkanes of at least 4 members (excludes halogenated alkanes) is 26. The average Bonchev–Trinajstić information content (AvgIpc) is 3.34. The van der Waals surface area contributed by atoms with Crippen LogP contribution < -0.4 is 0 Å². The fraction of sp³-hybridized carbons (Fsp3) is 0.726. The zero-order valence-electron chi connectivity index (χ0n) is 44.6. The molecule has 0 fully saturated rings. The van der Waals surface area contributed by atoms with Gasteiger partial charge in [0.1, 0.15) is 13.2 Å². The summed E-state index contributed by atoms with van der Waals surface area (Å²) in [6.07, 6.45) is 73.1. The molecule has 0 N–H and O–H groups in total. The SMILES string of the molecule is CC/C=C\C/C=C\C/C=C\C/C=C\CCC(=O)OCC(COC(=O)CCCCCCCCCCCCC/C=C\CCCCCCCCCC)OC(=O)CCCCCCC/C=C\C/C=C\CCCC. The molecule has 0 rings (SSSR count). The van der Waals surface area contributed by atoms with Crippen LogP contribution in [0.5, 0.6) is 0 Å². The number of allylic oxidation sites excluding steroid dienone is 14. The van der Waals surface area contributed by atoms with E-state index in [9.17, 15) is 14.4 Å². The van der Waals surface area contributed by atoms with Crippen LogP contribution in [0.3, 0.4) is 0 Å². The van der Waals surface area contributed by atoms with E-state index in [1.165, 1.54) is 135 Å². The van der Waals surface area contributed by atoms with E-state index in [4.69, 9.17) is 14.2 Å². The molecule has 0 aliphatic rings. The second kappa shape index (κ2) is 56.2. The van der Waals surface area contributed by atoms with E-state index in [1.807, 2.05) is 6.08 Å². The number of esters is 3. The molecule has 0 aromatic rings. The maximum Gasteiger partial charge on any atom is 0.306 e. The van der Waals surface area contributed by atoms with Crippen molar-refractivity contribution in [2.75, 3.05) is 13.2 Å². The summed E-state index contributed by atoms with van der Waals surface area (Å²) in [5, 5.41) is 0. The lowest BCUT2D eigenvalue weighted by molar-refractivity contribution is -0.166. The monoisotopic (exact) mass is 947 g/mol. The first-order valence-corrected chi connectivity index (χ1v) is 28.6. The quantitative estimate of drug-likeness (QED) is 0.0262. The number of hydrogen-bond acceptors (Lipinski definition) is 6. The number of rotatable bonds is 51. The first-order chi connectivity index (χ1) is 33.5. The molecular formula is C62H106O6. The molecule has 1 atom stereocenters. The van der Waals surface area contributed by atoms with Crippen LogP contribution in [0.2, 0.25) is 0 Å². The van der Waals surface area contributed by atoms with Crippen molar-refractivity contribution in [2.45, 2.75) is 277 Å². The topological polar surface area (TPSA) is 78.9 Å². The van der Waals surface area contributed by atoms with Crippen LogP contribution in [-0.2, 0) is 28.6 Å². The lowest BCUT2D eigenvalue weighted by Crippen LogP contribution is -2.30. The van der Waals surface area contributed by atoms with Crippen molar-refractivity contribution >= 4 is 17.9 Å². The fourth-order valence-corrected chi connectivity index (χ4v) is 7.82. The summed E-state index contributed by atoms with van der Waals surface area (Å²) in [5.41, 5.74) is 0. The Morgan fingerprint density at radius 3 is 1.04 bits per heavy atom. The van der Waals surface area contributed by atoms with Crippen molar-refractivity contribution in [3.05, 3.63) is 85.1 Å². The average molecular weight is 948 g/mol. The van der Waals surface area contributed by atoms with Gasteiger partial charge >= 0.3 is 17.9 Å². The van der Waals surface area contributed by atoms with Crippen LogP contribution in [0.25, 0.3) is 0 Å². The summed E-state index contributed by atoms with van der Waals surface area (Å²) in [7, 11) is 0. The largest absolute Gasteiger partial charge is 0.462 e. The molecule has 390 valence electrons. The highest BCUT2D eigenvalue weighted by Crippen LogP contribution is 2.15. The number of carbonyl (C=O) groups is 3.